The molecule has 0 heterocycles. The molecule has 0 saturated heterocycles. The van der Waals surface area contributed by atoms with E-state index < -0.39 is 16.4 Å². The topological polar surface area (TPSA) is 149 Å². The summed E-state index contributed by atoms with van der Waals surface area (Å²) in [6.07, 6.45) is 0. The lowest BCUT2D eigenvalue weighted by atomic mass is 10.9. The van der Waals surface area contributed by atoms with Crippen LogP contribution in [-0.2, 0) is 20.0 Å². The Bertz CT molecular complexity index is 195. The van der Waals surface area contributed by atoms with E-state index in [1.807, 2.05) is 0 Å². The van der Waals surface area contributed by atoms with E-state index in [2.05, 4.69) is 0 Å². The third-order valence-electron chi connectivity index (χ3n) is 0. The summed E-state index contributed by atoms with van der Waals surface area (Å²) in [4.78, 5) is 17.4. The van der Waals surface area contributed by atoms with Gasteiger partial charge in [-0.05, 0) is 0 Å². The maximum Gasteiger partial charge on any atom is 0.394 e. The van der Waals surface area contributed by atoms with Gasteiger partial charge in [-0.1, -0.05) is 0 Å². The van der Waals surface area contributed by atoms with Crippen LogP contribution >= 0.6 is 12.4 Å². The standard InChI is InChI=1S/C2H4O2.CH2O2.ClH.H2O4S/c1-2(3)4;2-1-3;;1-5(2,3)4/h1H3,(H,3,4);1H,(H,2,3);1H;(H2,1,2,3,4). The number of carboxylic acids is 1. The Morgan fingerprint density at radius 3 is 1.31 bits per heavy atom. The highest BCUT2D eigenvalue weighted by Crippen LogP contribution is 1.59. The van der Waals surface area contributed by atoms with Gasteiger partial charge in [0.05, 0.1) is 0 Å². The lowest BCUT2D eigenvalue weighted by Crippen LogP contribution is -1.89. The van der Waals surface area contributed by atoms with Crippen molar-refractivity contribution in [1.82, 2.24) is 0 Å². The van der Waals surface area contributed by atoms with Crippen molar-refractivity contribution in [1.29, 1.82) is 0 Å². The molecule has 0 bridgehead atoms. The van der Waals surface area contributed by atoms with Crippen molar-refractivity contribution >= 4 is 35.2 Å². The molecule has 0 saturated carbocycles. The summed E-state index contributed by atoms with van der Waals surface area (Å²) in [7, 11) is -4.67. The fraction of sp³-hybridized carbons (Fsp3) is 0.333. The Morgan fingerprint density at radius 2 is 1.31 bits per heavy atom. The molecule has 0 aromatic heterocycles. The molecule has 0 fully saturated rings. The molecule has 0 spiro atoms. The monoisotopic (exact) mass is 240 g/mol. The first-order valence-electron chi connectivity index (χ1n) is 2.12. The third kappa shape index (κ3) is 1130. The molecule has 13 heavy (non-hydrogen) atoms. The van der Waals surface area contributed by atoms with Crippen LogP contribution in [0, 0.1) is 0 Å². The van der Waals surface area contributed by atoms with E-state index in [0.717, 1.165) is 6.92 Å². The van der Waals surface area contributed by atoms with Crippen molar-refractivity contribution in [2.24, 2.45) is 0 Å². The normalized spacial score (nSPS) is 7.31. The summed E-state index contributed by atoms with van der Waals surface area (Å²) in [5.74, 6) is -0.833. The second kappa shape index (κ2) is 13.7. The summed E-state index contributed by atoms with van der Waals surface area (Å²) < 4.78 is 31.6. The summed E-state index contributed by atoms with van der Waals surface area (Å²) in [6.45, 7) is 0.833. The minimum absolute atomic E-state index is 0. The number of carbonyl (C=O) groups is 2. The van der Waals surface area contributed by atoms with Gasteiger partial charge < -0.3 is 10.2 Å². The molecule has 82 valence electrons. The average molecular weight is 241 g/mol. The molecular weight excluding hydrogens is 232 g/mol. The van der Waals surface area contributed by atoms with E-state index in [0.29, 0.717) is 0 Å². The van der Waals surface area contributed by atoms with Crippen LogP contribution in [0.1, 0.15) is 6.92 Å². The Morgan fingerprint density at radius 1 is 1.31 bits per heavy atom. The number of hydrogen-bond donors (Lipinski definition) is 4. The fourth-order valence-corrected chi connectivity index (χ4v) is 0. The molecule has 0 aromatic rings. The van der Waals surface area contributed by atoms with Crippen LogP contribution < -0.4 is 0 Å². The predicted octanol–water partition coefficient (Wildman–Crippen LogP) is -0.439. The summed E-state index contributed by atoms with van der Waals surface area (Å²) in [5.41, 5.74) is 0. The molecule has 0 aromatic carbocycles. The zero-order valence-corrected chi connectivity index (χ0v) is 7.95. The van der Waals surface area contributed by atoms with Gasteiger partial charge in [0.2, 0.25) is 0 Å². The third-order valence-corrected chi connectivity index (χ3v) is 0. The first kappa shape index (κ1) is 22.7. The molecule has 8 nitrogen and oxygen atoms in total. The van der Waals surface area contributed by atoms with Crippen LogP contribution in [0.2, 0.25) is 0 Å². The largest absolute Gasteiger partial charge is 0.483 e. The highest BCUT2D eigenvalue weighted by atomic mass is 35.5. The summed E-state index contributed by atoms with van der Waals surface area (Å²) in [6, 6.07) is 0. The van der Waals surface area contributed by atoms with Gasteiger partial charge in [-0.15, -0.1) is 12.4 Å². The minimum atomic E-state index is -4.67. The van der Waals surface area contributed by atoms with Crippen LogP contribution in [0.3, 0.4) is 0 Å². The number of hydrogen-bond acceptors (Lipinski definition) is 4. The number of rotatable bonds is 0. The Labute approximate surface area is 80.2 Å². The van der Waals surface area contributed by atoms with Crippen LogP contribution in [0.5, 0.6) is 0 Å². The first-order chi connectivity index (χ1) is 5.15. The van der Waals surface area contributed by atoms with Crippen LogP contribution in [0.4, 0.5) is 0 Å². The SMILES string of the molecule is CC(=O)O.Cl.O=CO.O=S(=O)(O)O. The Kier molecular flexibility index (Phi) is 23.9. The molecule has 0 aliphatic carbocycles. The molecule has 0 rings (SSSR count). The van der Waals surface area contributed by atoms with E-state index in [1.54, 1.807) is 0 Å². The Hall–Kier alpha value is -0.900. The fourth-order valence-electron chi connectivity index (χ4n) is 0. The molecular formula is C3H9ClO8S. The van der Waals surface area contributed by atoms with Crippen LogP contribution in [0.25, 0.3) is 0 Å². The molecule has 0 aliphatic rings. The van der Waals surface area contributed by atoms with Gasteiger partial charge in [-0.3, -0.25) is 18.7 Å². The maximum atomic E-state index is 9.00. The second-order valence-electron chi connectivity index (χ2n) is 1.07. The van der Waals surface area contributed by atoms with Gasteiger partial charge in [0.25, 0.3) is 12.4 Å². The Balaban J connectivity index is -0.0000000465. The summed E-state index contributed by atoms with van der Waals surface area (Å²) >= 11 is 0. The van der Waals surface area contributed by atoms with Crippen molar-refractivity contribution < 1.29 is 37.3 Å². The maximum absolute atomic E-state index is 9.00. The number of aliphatic carboxylic acids is 1. The van der Waals surface area contributed by atoms with Gasteiger partial charge in [0.15, 0.2) is 0 Å². The summed E-state index contributed by atoms with van der Waals surface area (Å²) in [5, 5.41) is 14.3. The number of halogens is 1. The van der Waals surface area contributed by atoms with Gasteiger partial charge >= 0.3 is 10.4 Å². The zero-order chi connectivity index (χ0) is 10.8. The van der Waals surface area contributed by atoms with Crippen LogP contribution in [-0.4, -0.2) is 40.2 Å². The van der Waals surface area contributed by atoms with Gasteiger partial charge in [0.1, 0.15) is 0 Å². The highest BCUT2D eigenvalue weighted by Gasteiger charge is 1.84. The molecule has 10 heteroatoms. The molecule has 4 N–H and O–H groups in total. The second-order valence-corrected chi connectivity index (χ2v) is 1.97. The lowest BCUT2D eigenvalue weighted by molar-refractivity contribution is -0.134. The van der Waals surface area contributed by atoms with E-state index in [-0.39, 0.29) is 18.9 Å². The van der Waals surface area contributed by atoms with Gasteiger partial charge in [0, 0.05) is 6.92 Å². The molecule has 0 atom stereocenters. The lowest BCUT2D eigenvalue weighted by Gasteiger charge is -1.68. The average Bonchev–Trinajstić information content (AvgIpc) is 1.56. The predicted molar refractivity (Wildman–Crippen MR) is 43.4 cm³/mol. The quantitative estimate of drug-likeness (QED) is 0.329. The van der Waals surface area contributed by atoms with E-state index >= 15 is 0 Å². The number of carboxylic acid groups (broad SMARTS) is 2. The van der Waals surface area contributed by atoms with Gasteiger partial charge in [-0.2, -0.15) is 8.42 Å². The van der Waals surface area contributed by atoms with E-state index in [4.69, 9.17) is 37.3 Å². The van der Waals surface area contributed by atoms with Crippen molar-refractivity contribution in [2.45, 2.75) is 6.92 Å². The smallest absolute Gasteiger partial charge is 0.394 e. The van der Waals surface area contributed by atoms with Gasteiger partial charge in [-0.25, -0.2) is 0 Å². The molecule has 0 unspecified atom stereocenters. The van der Waals surface area contributed by atoms with Crippen LogP contribution in [0.15, 0.2) is 0 Å². The van der Waals surface area contributed by atoms with Crippen molar-refractivity contribution in [2.75, 3.05) is 0 Å². The first-order valence-corrected chi connectivity index (χ1v) is 3.52. The minimum Gasteiger partial charge on any atom is -0.483 e. The zero-order valence-electron chi connectivity index (χ0n) is 6.32. The molecule has 0 amide bonds. The molecule has 0 radical (unpaired) electrons. The van der Waals surface area contributed by atoms with Crippen molar-refractivity contribution in [3.8, 4) is 0 Å². The molecule has 0 aliphatic heterocycles. The van der Waals surface area contributed by atoms with Crippen molar-refractivity contribution in [3.63, 3.8) is 0 Å². The van der Waals surface area contributed by atoms with Crippen molar-refractivity contribution in [3.05, 3.63) is 0 Å². The van der Waals surface area contributed by atoms with E-state index in [1.165, 1.54) is 0 Å². The van der Waals surface area contributed by atoms with E-state index in [9.17, 15) is 0 Å². The highest BCUT2D eigenvalue weighted by molar-refractivity contribution is 7.79.